The molecule has 1 heterocycles. The summed E-state index contributed by atoms with van der Waals surface area (Å²) in [4.78, 5) is 4.16. The molecule has 0 atom stereocenters. The van der Waals surface area contributed by atoms with E-state index < -0.39 is 0 Å². The van der Waals surface area contributed by atoms with Gasteiger partial charge in [-0.3, -0.25) is 0 Å². The molecular formula is C11H13ClN2. The summed E-state index contributed by atoms with van der Waals surface area (Å²) < 4.78 is 0. The summed E-state index contributed by atoms with van der Waals surface area (Å²) in [6.45, 7) is 4.34. The first-order chi connectivity index (χ1) is 6.63. The fourth-order valence-electron chi connectivity index (χ4n) is 1.13. The van der Waals surface area contributed by atoms with Gasteiger partial charge in [-0.15, -0.1) is 0 Å². The minimum Gasteiger partial charge on any atom is -0.240 e. The van der Waals surface area contributed by atoms with E-state index in [-0.39, 0.29) is 0 Å². The van der Waals surface area contributed by atoms with Gasteiger partial charge in [-0.2, -0.15) is 5.26 Å². The maximum atomic E-state index is 8.65. The fourth-order valence-corrected chi connectivity index (χ4v) is 1.34. The third-order valence-electron chi connectivity index (χ3n) is 2.00. The van der Waals surface area contributed by atoms with Crippen molar-refractivity contribution in [3.8, 4) is 6.07 Å². The van der Waals surface area contributed by atoms with Crippen molar-refractivity contribution < 1.29 is 0 Å². The number of halogens is 1. The third-order valence-corrected chi connectivity index (χ3v) is 2.29. The zero-order valence-electron chi connectivity index (χ0n) is 8.42. The SMILES string of the molecule is CC(C)CCc1ccc(C#N)c(Cl)n1. The first kappa shape index (κ1) is 11.0. The van der Waals surface area contributed by atoms with Gasteiger partial charge in [0.15, 0.2) is 0 Å². The van der Waals surface area contributed by atoms with Crippen molar-refractivity contribution in [2.45, 2.75) is 26.7 Å². The van der Waals surface area contributed by atoms with Gasteiger partial charge in [0.1, 0.15) is 11.2 Å². The maximum absolute atomic E-state index is 8.65. The van der Waals surface area contributed by atoms with Crippen molar-refractivity contribution in [3.05, 3.63) is 28.5 Å². The molecule has 0 saturated carbocycles. The molecule has 0 unspecified atom stereocenters. The Morgan fingerprint density at radius 1 is 1.50 bits per heavy atom. The second kappa shape index (κ2) is 4.97. The molecule has 1 rings (SSSR count). The Kier molecular flexibility index (Phi) is 3.91. The summed E-state index contributed by atoms with van der Waals surface area (Å²) >= 11 is 5.81. The van der Waals surface area contributed by atoms with Gasteiger partial charge in [-0.25, -0.2) is 4.98 Å². The van der Waals surface area contributed by atoms with Crippen molar-refractivity contribution in [2.75, 3.05) is 0 Å². The molecule has 0 aliphatic heterocycles. The van der Waals surface area contributed by atoms with Crippen molar-refractivity contribution in [3.63, 3.8) is 0 Å². The fraction of sp³-hybridized carbons (Fsp3) is 0.455. The zero-order chi connectivity index (χ0) is 10.6. The molecule has 0 spiro atoms. The van der Waals surface area contributed by atoms with Gasteiger partial charge in [0.05, 0.1) is 5.56 Å². The van der Waals surface area contributed by atoms with Crippen molar-refractivity contribution >= 4 is 11.6 Å². The van der Waals surface area contributed by atoms with Gasteiger partial charge in [0.25, 0.3) is 0 Å². The highest BCUT2D eigenvalue weighted by Gasteiger charge is 2.03. The van der Waals surface area contributed by atoms with E-state index in [0.29, 0.717) is 16.6 Å². The maximum Gasteiger partial charge on any atom is 0.147 e. The molecule has 0 N–H and O–H groups in total. The van der Waals surface area contributed by atoms with Gasteiger partial charge in [-0.05, 0) is 30.9 Å². The van der Waals surface area contributed by atoms with Gasteiger partial charge in [-0.1, -0.05) is 25.4 Å². The number of pyridine rings is 1. The molecule has 0 aliphatic carbocycles. The quantitative estimate of drug-likeness (QED) is 0.716. The van der Waals surface area contributed by atoms with Crippen molar-refractivity contribution in [1.82, 2.24) is 4.98 Å². The van der Waals surface area contributed by atoms with Crippen LogP contribution in [0.5, 0.6) is 0 Å². The molecule has 0 aliphatic rings. The lowest BCUT2D eigenvalue weighted by Gasteiger charge is -2.04. The molecule has 74 valence electrons. The van der Waals surface area contributed by atoms with E-state index in [2.05, 4.69) is 18.8 Å². The Hall–Kier alpha value is -1.07. The highest BCUT2D eigenvalue weighted by molar-refractivity contribution is 6.30. The van der Waals surface area contributed by atoms with E-state index in [1.807, 2.05) is 12.1 Å². The number of rotatable bonds is 3. The Balaban J connectivity index is 2.73. The highest BCUT2D eigenvalue weighted by atomic mass is 35.5. The first-order valence-corrected chi connectivity index (χ1v) is 5.06. The van der Waals surface area contributed by atoms with Crippen LogP contribution < -0.4 is 0 Å². The monoisotopic (exact) mass is 208 g/mol. The standard InChI is InChI=1S/C11H13ClN2/c1-8(2)3-5-10-6-4-9(7-13)11(12)14-10/h4,6,8H,3,5H2,1-2H3. The second-order valence-electron chi connectivity index (χ2n) is 3.69. The minimum absolute atomic E-state index is 0.314. The van der Waals surface area contributed by atoms with Crippen LogP contribution in [0.4, 0.5) is 0 Å². The molecule has 0 aromatic carbocycles. The number of hydrogen-bond acceptors (Lipinski definition) is 2. The summed E-state index contributed by atoms with van der Waals surface area (Å²) in [5, 5.41) is 8.97. The van der Waals surface area contributed by atoms with Crippen LogP contribution in [0, 0.1) is 17.2 Å². The molecule has 0 amide bonds. The lowest BCUT2D eigenvalue weighted by molar-refractivity contribution is 0.581. The summed E-state index contributed by atoms with van der Waals surface area (Å²) in [5.74, 6) is 0.659. The minimum atomic E-state index is 0.314. The van der Waals surface area contributed by atoms with Gasteiger partial charge < -0.3 is 0 Å². The van der Waals surface area contributed by atoms with E-state index in [0.717, 1.165) is 18.5 Å². The smallest absolute Gasteiger partial charge is 0.147 e. The van der Waals surface area contributed by atoms with Crippen molar-refractivity contribution in [2.24, 2.45) is 5.92 Å². The Morgan fingerprint density at radius 2 is 2.21 bits per heavy atom. The molecule has 0 saturated heterocycles. The molecule has 2 nitrogen and oxygen atoms in total. The van der Waals surface area contributed by atoms with Crippen LogP contribution in [0.25, 0.3) is 0 Å². The van der Waals surface area contributed by atoms with Gasteiger partial charge >= 0.3 is 0 Å². The predicted molar refractivity (Wildman–Crippen MR) is 57.1 cm³/mol. The predicted octanol–water partition coefficient (Wildman–Crippen LogP) is 3.20. The van der Waals surface area contributed by atoms with Crippen LogP contribution in [-0.2, 0) is 6.42 Å². The van der Waals surface area contributed by atoms with Crippen LogP contribution in [0.15, 0.2) is 12.1 Å². The Labute approximate surface area is 89.5 Å². The van der Waals surface area contributed by atoms with E-state index in [4.69, 9.17) is 16.9 Å². The average molecular weight is 209 g/mol. The number of aromatic nitrogens is 1. The average Bonchev–Trinajstić information content (AvgIpc) is 2.15. The lowest BCUT2D eigenvalue weighted by atomic mass is 10.1. The van der Waals surface area contributed by atoms with Crippen LogP contribution in [0.3, 0.4) is 0 Å². The van der Waals surface area contributed by atoms with Crippen LogP contribution in [-0.4, -0.2) is 4.98 Å². The topological polar surface area (TPSA) is 36.7 Å². The summed E-state index contributed by atoms with van der Waals surface area (Å²) in [7, 11) is 0. The highest BCUT2D eigenvalue weighted by Crippen LogP contribution is 2.14. The van der Waals surface area contributed by atoms with E-state index >= 15 is 0 Å². The second-order valence-corrected chi connectivity index (χ2v) is 4.04. The Morgan fingerprint density at radius 3 is 2.71 bits per heavy atom. The number of nitrogens with zero attached hydrogens (tertiary/aromatic N) is 2. The van der Waals surface area contributed by atoms with E-state index in [1.54, 1.807) is 6.07 Å². The molecule has 0 fully saturated rings. The molecule has 0 bridgehead atoms. The normalized spacial score (nSPS) is 10.2. The summed E-state index contributed by atoms with van der Waals surface area (Å²) in [6, 6.07) is 5.59. The van der Waals surface area contributed by atoms with Gasteiger partial charge in [0, 0.05) is 5.69 Å². The van der Waals surface area contributed by atoms with Crippen LogP contribution in [0.1, 0.15) is 31.5 Å². The lowest BCUT2D eigenvalue weighted by Crippen LogP contribution is -1.96. The zero-order valence-corrected chi connectivity index (χ0v) is 9.17. The Bertz CT molecular complexity index is 353. The molecular weight excluding hydrogens is 196 g/mol. The third kappa shape index (κ3) is 3.01. The van der Waals surface area contributed by atoms with E-state index in [1.165, 1.54) is 0 Å². The van der Waals surface area contributed by atoms with Gasteiger partial charge in [0.2, 0.25) is 0 Å². The number of hydrogen-bond donors (Lipinski definition) is 0. The molecule has 1 aromatic rings. The largest absolute Gasteiger partial charge is 0.240 e. The summed E-state index contributed by atoms with van der Waals surface area (Å²) in [5.41, 5.74) is 1.41. The molecule has 1 aromatic heterocycles. The van der Waals surface area contributed by atoms with E-state index in [9.17, 15) is 0 Å². The first-order valence-electron chi connectivity index (χ1n) is 4.69. The summed E-state index contributed by atoms with van der Waals surface area (Å²) in [6.07, 6.45) is 2.01. The molecule has 14 heavy (non-hydrogen) atoms. The molecule has 0 radical (unpaired) electrons. The number of aryl methyl sites for hydroxylation is 1. The molecule has 3 heteroatoms. The van der Waals surface area contributed by atoms with Crippen LogP contribution in [0.2, 0.25) is 5.15 Å². The van der Waals surface area contributed by atoms with Crippen molar-refractivity contribution in [1.29, 1.82) is 5.26 Å². The number of nitriles is 1. The van der Waals surface area contributed by atoms with Crippen LogP contribution >= 0.6 is 11.6 Å².